The normalized spacial score (nSPS) is 12.4. The number of carboxylic acid groups (broad SMARTS) is 1. The Kier molecular flexibility index (Phi) is 41.5. The quantitative estimate of drug-likeness (QED) is 0.0388. The molecule has 1 N–H and O–H groups in total. The summed E-state index contributed by atoms with van der Waals surface area (Å²) in [4.78, 5) is 23.5. The lowest BCUT2D eigenvalue weighted by Gasteiger charge is -2.18. The van der Waals surface area contributed by atoms with Gasteiger partial charge in [-0.1, -0.05) is 199 Å². The van der Waals surface area contributed by atoms with Gasteiger partial charge in [0.2, 0.25) is 0 Å². The Labute approximate surface area is 318 Å². The maximum atomic E-state index is 12.7. The van der Waals surface area contributed by atoms with Gasteiger partial charge in [0.15, 0.2) is 0 Å². The Morgan fingerprint density at radius 1 is 0.431 bits per heavy atom. The van der Waals surface area contributed by atoms with Gasteiger partial charge in [0.25, 0.3) is 0 Å². The molecule has 0 aromatic heterocycles. The number of carbonyl (C=O) groups is 2. The minimum atomic E-state index is -0.698. The van der Waals surface area contributed by atoms with Crippen LogP contribution in [-0.4, -0.2) is 23.1 Å². The van der Waals surface area contributed by atoms with E-state index in [1.165, 1.54) is 161 Å². The highest BCUT2D eigenvalue weighted by Crippen LogP contribution is 2.19. The van der Waals surface area contributed by atoms with Gasteiger partial charge >= 0.3 is 11.9 Å². The lowest BCUT2D eigenvalue weighted by Crippen LogP contribution is -2.18. The largest absolute Gasteiger partial charge is 0.481 e. The zero-order valence-electron chi connectivity index (χ0n) is 34.4. The third-order valence-electron chi connectivity index (χ3n) is 10.4. The second-order valence-corrected chi connectivity index (χ2v) is 15.6. The molecule has 51 heavy (non-hydrogen) atoms. The van der Waals surface area contributed by atoms with Crippen LogP contribution in [0.1, 0.15) is 258 Å². The highest BCUT2D eigenvalue weighted by molar-refractivity contribution is 5.69. The van der Waals surface area contributed by atoms with Crippen LogP contribution in [0.2, 0.25) is 0 Å². The summed E-state index contributed by atoms with van der Waals surface area (Å²) in [5, 5.41) is 8.85. The van der Waals surface area contributed by atoms with Gasteiger partial charge in [-0.05, 0) is 70.6 Å². The van der Waals surface area contributed by atoms with E-state index in [0.29, 0.717) is 6.42 Å². The first-order chi connectivity index (χ1) is 25.1. The van der Waals surface area contributed by atoms with Crippen LogP contribution in [-0.2, 0) is 14.3 Å². The van der Waals surface area contributed by atoms with Crippen LogP contribution in [0.15, 0.2) is 24.3 Å². The smallest absolute Gasteiger partial charge is 0.306 e. The first kappa shape index (κ1) is 49.4. The van der Waals surface area contributed by atoms with Crippen LogP contribution >= 0.6 is 0 Å². The molecule has 0 aromatic carbocycles. The third kappa shape index (κ3) is 42.7. The number of carbonyl (C=O) groups excluding carboxylic acids is 1. The first-order valence-electron chi connectivity index (χ1n) is 22.8. The molecule has 0 spiro atoms. The molecular weight excluding hydrogens is 629 g/mol. The van der Waals surface area contributed by atoms with Crippen LogP contribution in [0.25, 0.3) is 0 Å². The van der Waals surface area contributed by atoms with Crippen LogP contribution in [0.3, 0.4) is 0 Å². The highest BCUT2D eigenvalue weighted by atomic mass is 16.5. The Bertz CT molecular complexity index is 772. The number of unbranched alkanes of at least 4 members (excludes halogenated alkanes) is 29. The van der Waals surface area contributed by atoms with E-state index >= 15 is 0 Å². The zero-order chi connectivity index (χ0) is 37.1. The minimum absolute atomic E-state index is 0.00358. The number of esters is 1. The molecule has 0 bridgehead atoms. The molecule has 0 aliphatic heterocycles. The summed E-state index contributed by atoms with van der Waals surface area (Å²) in [6.45, 7) is 4.54. The van der Waals surface area contributed by atoms with Crippen LogP contribution in [0.5, 0.6) is 0 Å². The van der Waals surface area contributed by atoms with Crippen molar-refractivity contribution in [2.45, 2.75) is 264 Å². The van der Waals surface area contributed by atoms with Crippen molar-refractivity contribution >= 4 is 11.9 Å². The molecule has 0 rings (SSSR count). The minimum Gasteiger partial charge on any atom is -0.481 e. The van der Waals surface area contributed by atoms with Crippen LogP contribution in [0.4, 0.5) is 0 Å². The van der Waals surface area contributed by atoms with E-state index in [9.17, 15) is 9.59 Å². The fourth-order valence-electron chi connectivity index (χ4n) is 7.04. The number of hydrogen-bond donors (Lipinski definition) is 1. The van der Waals surface area contributed by atoms with E-state index in [0.717, 1.165) is 70.6 Å². The second kappa shape index (κ2) is 42.8. The van der Waals surface area contributed by atoms with Crippen molar-refractivity contribution in [1.82, 2.24) is 0 Å². The lowest BCUT2D eigenvalue weighted by molar-refractivity contribution is -0.150. The van der Waals surface area contributed by atoms with Gasteiger partial charge in [0.05, 0.1) is 0 Å². The Morgan fingerprint density at radius 3 is 1.20 bits per heavy atom. The zero-order valence-corrected chi connectivity index (χ0v) is 34.4. The Morgan fingerprint density at radius 2 is 0.765 bits per heavy atom. The SMILES string of the molecule is CCCCC/C=C\C/C=C\CCCCCCCCCCCC(=O)OC(CCCCCCCCCCCCCCCC)CCCCCCCC(=O)O. The summed E-state index contributed by atoms with van der Waals surface area (Å²) in [5.41, 5.74) is 0. The van der Waals surface area contributed by atoms with Crippen molar-refractivity contribution in [1.29, 1.82) is 0 Å². The average Bonchev–Trinajstić information content (AvgIpc) is 3.12. The van der Waals surface area contributed by atoms with Gasteiger partial charge in [-0.2, -0.15) is 0 Å². The highest BCUT2D eigenvalue weighted by Gasteiger charge is 2.14. The maximum Gasteiger partial charge on any atom is 0.306 e. The van der Waals surface area contributed by atoms with Crippen molar-refractivity contribution in [3.8, 4) is 0 Å². The summed E-state index contributed by atoms with van der Waals surface area (Å²) in [5.74, 6) is -0.694. The van der Waals surface area contributed by atoms with Crippen LogP contribution in [0, 0.1) is 0 Å². The van der Waals surface area contributed by atoms with Gasteiger partial charge in [-0.3, -0.25) is 9.59 Å². The summed E-state index contributed by atoms with van der Waals surface area (Å²) >= 11 is 0. The molecule has 300 valence electrons. The molecule has 0 amide bonds. The van der Waals surface area contributed by atoms with E-state index in [4.69, 9.17) is 9.84 Å². The molecule has 0 saturated heterocycles. The molecule has 0 aromatic rings. The molecule has 1 atom stereocenters. The van der Waals surface area contributed by atoms with Gasteiger partial charge in [-0.25, -0.2) is 0 Å². The fourth-order valence-corrected chi connectivity index (χ4v) is 7.04. The molecule has 0 aliphatic rings. The van der Waals surface area contributed by atoms with E-state index in [-0.39, 0.29) is 18.5 Å². The fraction of sp³-hybridized carbons (Fsp3) is 0.872. The van der Waals surface area contributed by atoms with Crippen molar-refractivity contribution in [2.75, 3.05) is 0 Å². The lowest BCUT2D eigenvalue weighted by atomic mass is 10.0. The topological polar surface area (TPSA) is 63.6 Å². The van der Waals surface area contributed by atoms with Crippen LogP contribution < -0.4 is 0 Å². The number of carboxylic acids is 1. The standard InChI is InChI=1S/C47H88O4/c1-3-5-7-9-11-13-15-17-19-20-21-22-23-25-27-29-31-36-40-44-47(50)51-45(42-38-34-32-35-39-43-46(48)49)41-37-33-30-28-26-24-18-16-14-12-10-8-6-4-2/h11,13,17,19,45H,3-10,12,14-16,18,20-44H2,1-2H3,(H,48,49)/b13-11-,19-17-. The summed E-state index contributed by atoms with van der Waals surface area (Å²) in [7, 11) is 0. The first-order valence-corrected chi connectivity index (χ1v) is 22.8. The van der Waals surface area contributed by atoms with Crippen molar-refractivity contribution in [3.05, 3.63) is 24.3 Å². The van der Waals surface area contributed by atoms with Gasteiger partial charge in [-0.15, -0.1) is 0 Å². The molecule has 0 heterocycles. The van der Waals surface area contributed by atoms with E-state index in [1.54, 1.807) is 0 Å². The van der Waals surface area contributed by atoms with E-state index in [1.807, 2.05) is 0 Å². The molecule has 4 nitrogen and oxygen atoms in total. The number of ether oxygens (including phenoxy) is 1. The Balaban J connectivity index is 3.96. The molecule has 0 saturated carbocycles. The predicted molar refractivity (Wildman–Crippen MR) is 223 cm³/mol. The van der Waals surface area contributed by atoms with Gasteiger partial charge < -0.3 is 9.84 Å². The molecule has 1 unspecified atom stereocenters. The maximum absolute atomic E-state index is 12.7. The third-order valence-corrected chi connectivity index (χ3v) is 10.4. The molecule has 4 heteroatoms. The number of hydrogen-bond acceptors (Lipinski definition) is 3. The molecule has 0 aliphatic carbocycles. The molecular formula is C47H88O4. The van der Waals surface area contributed by atoms with E-state index < -0.39 is 5.97 Å². The second-order valence-electron chi connectivity index (χ2n) is 15.6. The number of aliphatic carboxylic acids is 1. The van der Waals surface area contributed by atoms with Gasteiger partial charge in [0.1, 0.15) is 6.10 Å². The number of rotatable bonds is 42. The average molecular weight is 717 g/mol. The van der Waals surface area contributed by atoms with Crippen molar-refractivity contribution in [2.24, 2.45) is 0 Å². The number of allylic oxidation sites excluding steroid dienone is 4. The summed E-state index contributed by atoms with van der Waals surface area (Å²) < 4.78 is 6.04. The van der Waals surface area contributed by atoms with Crippen molar-refractivity contribution in [3.63, 3.8) is 0 Å². The summed E-state index contributed by atoms with van der Waals surface area (Å²) in [6.07, 6.45) is 55.0. The van der Waals surface area contributed by atoms with Crippen molar-refractivity contribution < 1.29 is 19.4 Å². The van der Waals surface area contributed by atoms with E-state index in [2.05, 4.69) is 38.2 Å². The molecule has 0 radical (unpaired) electrons. The monoisotopic (exact) mass is 717 g/mol. The molecule has 0 fully saturated rings. The van der Waals surface area contributed by atoms with Gasteiger partial charge in [0, 0.05) is 12.8 Å². The Hall–Kier alpha value is -1.58. The summed E-state index contributed by atoms with van der Waals surface area (Å²) in [6, 6.07) is 0. The predicted octanol–water partition coefficient (Wildman–Crippen LogP) is 16.0.